The first-order valence-electron chi connectivity index (χ1n) is 6.16. The second-order valence-corrected chi connectivity index (χ2v) is 4.40. The Labute approximate surface area is 106 Å². The lowest BCUT2D eigenvalue weighted by atomic mass is 10.1. The van der Waals surface area contributed by atoms with Gasteiger partial charge in [-0.3, -0.25) is 0 Å². The molecule has 0 aromatic heterocycles. The molecule has 0 bridgehead atoms. The van der Waals surface area contributed by atoms with E-state index in [4.69, 9.17) is 15.2 Å². The molecule has 100 valence electrons. The number of nitrogens with two attached hydrogens (primary N) is 1. The lowest BCUT2D eigenvalue weighted by molar-refractivity contribution is 0.193. The molecule has 1 saturated heterocycles. The molecule has 1 fully saturated rings. The molecular weight excluding hydrogens is 235 g/mol. The van der Waals surface area contributed by atoms with Crippen molar-refractivity contribution in [3.8, 4) is 5.75 Å². The smallest absolute Gasteiger partial charge is 0.167 e. The number of likely N-dealkylation sites (N-methyl/N-ethyl adjacent to an activating group) is 1. The van der Waals surface area contributed by atoms with Crippen LogP contribution in [0.15, 0.2) is 12.1 Å². The first-order chi connectivity index (χ1) is 8.63. The normalized spacial score (nSPS) is 18.9. The van der Waals surface area contributed by atoms with Gasteiger partial charge in [0, 0.05) is 25.8 Å². The van der Waals surface area contributed by atoms with Crippen LogP contribution >= 0.6 is 0 Å². The van der Waals surface area contributed by atoms with Crippen LogP contribution in [-0.2, 0) is 4.74 Å². The van der Waals surface area contributed by atoms with Crippen molar-refractivity contribution >= 4 is 11.4 Å². The lowest BCUT2D eigenvalue weighted by Gasteiger charge is -2.27. The van der Waals surface area contributed by atoms with Crippen LogP contribution in [0.4, 0.5) is 15.8 Å². The van der Waals surface area contributed by atoms with Crippen LogP contribution in [0.2, 0.25) is 0 Å². The number of halogens is 1. The average molecular weight is 254 g/mol. The number of benzene rings is 1. The number of anilines is 2. The summed E-state index contributed by atoms with van der Waals surface area (Å²) in [4.78, 5) is 2.03. The summed E-state index contributed by atoms with van der Waals surface area (Å²) in [5.41, 5.74) is 7.09. The Morgan fingerprint density at radius 3 is 2.94 bits per heavy atom. The molecule has 1 aliphatic heterocycles. The zero-order valence-electron chi connectivity index (χ0n) is 10.8. The summed E-state index contributed by atoms with van der Waals surface area (Å²) in [5.74, 6) is -0.179. The highest BCUT2D eigenvalue weighted by Crippen LogP contribution is 2.32. The summed E-state index contributed by atoms with van der Waals surface area (Å²) in [7, 11) is 1.94. The molecule has 1 unspecified atom stereocenters. The monoisotopic (exact) mass is 254 g/mol. The van der Waals surface area contributed by atoms with Crippen LogP contribution in [0.25, 0.3) is 0 Å². The van der Waals surface area contributed by atoms with E-state index < -0.39 is 5.82 Å². The van der Waals surface area contributed by atoms with Gasteiger partial charge in [0.15, 0.2) is 11.6 Å². The molecule has 0 spiro atoms. The predicted octanol–water partition coefficient (Wildman–Crippen LogP) is 2.03. The molecule has 4 nitrogen and oxygen atoms in total. The Morgan fingerprint density at radius 1 is 1.56 bits per heavy atom. The molecule has 1 aromatic carbocycles. The number of hydrogen-bond acceptors (Lipinski definition) is 4. The van der Waals surface area contributed by atoms with Gasteiger partial charge < -0.3 is 20.1 Å². The molecule has 2 rings (SSSR count). The van der Waals surface area contributed by atoms with E-state index in [1.54, 1.807) is 6.07 Å². The summed E-state index contributed by atoms with van der Waals surface area (Å²) in [6.45, 7) is 3.69. The zero-order valence-corrected chi connectivity index (χ0v) is 10.8. The number of nitrogen functional groups attached to an aromatic ring is 1. The first kappa shape index (κ1) is 13.0. The molecule has 18 heavy (non-hydrogen) atoms. The maximum Gasteiger partial charge on any atom is 0.167 e. The van der Waals surface area contributed by atoms with Gasteiger partial charge in [0.25, 0.3) is 0 Å². The largest absolute Gasteiger partial charge is 0.491 e. The molecule has 1 aliphatic rings. The topological polar surface area (TPSA) is 47.7 Å². The highest BCUT2D eigenvalue weighted by atomic mass is 19.1. The summed E-state index contributed by atoms with van der Waals surface area (Å²) < 4.78 is 24.2. The van der Waals surface area contributed by atoms with Gasteiger partial charge in [0.1, 0.15) is 0 Å². The highest BCUT2D eigenvalue weighted by Gasteiger charge is 2.23. The zero-order chi connectivity index (χ0) is 13.1. The third kappa shape index (κ3) is 2.51. The Morgan fingerprint density at radius 2 is 2.33 bits per heavy atom. The first-order valence-corrected chi connectivity index (χ1v) is 6.16. The standard InChI is InChI=1S/C13H19FN2O2/c1-3-18-13-7-12(11(15)6-10(13)14)16(2)9-4-5-17-8-9/h6-7,9H,3-5,8,15H2,1-2H3. The van der Waals surface area contributed by atoms with E-state index in [1.165, 1.54) is 6.07 Å². The fraction of sp³-hybridized carbons (Fsp3) is 0.538. The van der Waals surface area contributed by atoms with Gasteiger partial charge >= 0.3 is 0 Å². The maximum absolute atomic E-state index is 13.6. The Hall–Kier alpha value is -1.49. The van der Waals surface area contributed by atoms with E-state index in [1.807, 2.05) is 18.9 Å². The van der Waals surface area contributed by atoms with Gasteiger partial charge in [-0.25, -0.2) is 4.39 Å². The minimum absolute atomic E-state index is 0.243. The molecule has 1 heterocycles. The molecule has 0 radical (unpaired) electrons. The molecule has 0 amide bonds. The van der Waals surface area contributed by atoms with E-state index in [0.717, 1.165) is 18.7 Å². The molecule has 0 aliphatic carbocycles. The van der Waals surface area contributed by atoms with Crippen LogP contribution < -0.4 is 15.4 Å². The molecule has 5 heteroatoms. The predicted molar refractivity (Wildman–Crippen MR) is 69.6 cm³/mol. The van der Waals surface area contributed by atoms with Crippen molar-refractivity contribution in [3.05, 3.63) is 17.9 Å². The third-order valence-corrected chi connectivity index (χ3v) is 3.21. The molecule has 1 atom stereocenters. The molecule has 2 N–H and O–H groups in total. The summed E-state index contributed by atoms with van der Waals surface area (Å²) in [5, 5.41) is 0. The number of nitrogens with zero attached hydrogens (tertiary/aromatic N) is 1. The van der Waals surface area contributed by atoms with Gasteiger partial charge in [-0.15, -0.1) is 0 Å². The average Bonchev–Trinajstić information content (AvgIpc) is 2.85. The maximum atomic E-state index is 13.6. The number of ether oxygens (including phenoxy) is 2. The number of rotatable bonds is 4. The summed E-state index contributed by atoms with van der Waals surface area (Å²) in [6, 6.07) is 3.26. The van der Waals surface area contributed by atoms with Crippen molar-refractivity contribution in [3.63, 3.8) is 0 Å². The van der Waals surface area contributed by atoms with Gasteiger partial charge in [-0.05, 0) is 13.3 Å². The van der Waals surface area contributed by atoms with E-state index in [0.29, 0.717) is 18.9 Å². The van der Waals surface area contributed by atoms with Gasteiger partial charge in [0.2, 0.25) is 0 Å². The molecule has 0 saturated carbocycles. The van der Waals surface area contributed by atoms with Crippen molar-refractivity contribution in [2.75, 3.05) is 37.5 Å². The molecule has 1 aromatic rings. The van der Waals surface area contributed by atoms with Crippen molar-refractivity contribution in [2.24, 2.45) is 0 Å². The van der Waals surface area contributed by atoms with Crippen LogP contribution in [0, 0.1) is 5.82 Å². The Kier molecular flexibility index (Phi) is 3.91. The molecular formula is C13H19FN2O2. The van der Waals surface area contributed by atoms with Crippen molar-refractivity contribution in [1.82, 2.24) is 0 Å². The number of hydrogen-bond donors (Lipinski definition) is 1. The minimum Gasteiger partial charge on any atom is -0.491 e. The van der Waals surface area contributed by atoms with Crippen LogP contribution in [-0.4, -0.2) is 32.9 Å². The lowest BCUT2D eigenvalue weighted by Crippen LogP contribution is -2.32. The van der Waals surface area contributed by atoms with Gasteiger partial charge in [0.05, 0.1) is 30.6 Å². The van der Waals surface area contributed by atoms with Crippen molar-refractivity contribution in [2.45, 2.75) is 19.4 Å². The van der Waals surface area contributed by atoms with E-state index in [-0.39, 0.29) is 11.8 Å². The fourth-order valence-electron chi connectivity index (χ4n) is 2.15. The Bertz CT molecular complexity index is 420. The van der Waals surface area contributed by atoms with Crippen molar-refractivity contribution in [1.29, 1.82) is 0 Å². The SMILES string of the molecule is CCOc1cc(N(C)C2CCOC2)c(N)cc1F. The second-order valence-electron chi connectivity index (χ2n) is 4.40. The minimum atomic E-state index is -0.422. The van der Waals surface area contributed by atoms with Crippen LogP contribution in [0.1, 0.15) is 13.3 Å². The van der Waals surface area contributed by atoms with Crippen LogP contribution in [0.3, 0.4) is 0 Å². The van der Waals surface area contributed by atoms with E-state index in [2.05, 4.69) is 0 Å². The highest BCUT2D eigenvalue weighted by molar-refractivity contribution is 5.70. The van der Waals surface area contributed by atoms with Gasteiger partial charge in [-0.2, -0.15) is 0 Å². The quantitative estimate of drug-likeness (QED) is 0.835. The van der Waals surface area contributed by atoms with E-state index >= 15 is 0 Å². The van der Waals surface area contributed by atoms with Crippen LogP contribution in [0.5, 0.6) is 5.75 Å². The fourth-order valence-corrected chi connectivity index (χ4v) is 2.15. The Balaban J connectivity index is 2.27. The summed E-state index contributed by atoms with van der Waals surface area (Å²) >= 11 is 0. The van der Waals surface area contributed by atoms with E-state index in [9.17, 15) is 4.39 Å². The summed E-state index contributed by atoms with van der Waals surface area (Å²) in [6.07, 6.45) is 0.956. The van der Waals surface area contributed by atoms with Gasteiger partial charge in [-0.1, -0.05) is 0 Å². The van der Waals surface area contributed by atoms with Crippen molar-refractivity contribution < 1.29 is 13.9 Å². The third-order valence-electron chi connectivity index (χ3n) is 3.21. The second kappa shape index (κ2) is 5.44.